The molecule has 2 N–H and O–H groups in total. The van der Waals surface area contributed by atoms with Crippen LogP contribution in [-0.4, -0.2) is 48.1 Å². The molecule has 1 aliphatic carbocycles. The number of likely N-dealkylation sites (N-methyl/N-ethyl adjacent to an activating group) is 1. The highest BCUT2D eigenvalue weighted by molar-refractivity contribution is 7.12. The lowest BCUT2D eigenvalue weighted by molar-refractivity contribution is -0.131. The quantitative estimate of drug-likeness (QED) is 0.791. The largest absolute Gasteiger partial charge is 0.391 e. The number of thiophene rings is 1. The van der Waals surface area contributed by atoms with Crippen molar-refractivity contribution in [1.82, 2.24) is 10.2 Å². The maximum absolute atomic E-state index is 11.9. The molecule has 1 atom stereocenters. The molecule has 2 rings (SSSR count). The molecule has 1 heterocycles. The number of aliphatic hydroxyl groups is 1. The fourth-order valence-electron chi connectivity index (χ4n) is 1.98. The monoisotopic (exact) mass is 296 g/mol. The zero-order chi connectivity index (χ0) is 14.5. The molecule has 0 aliphatic heterocycles. The molecule has 0 bridgehead atoms. The molecule has 5 nitrogen and oxygen atoms in total. The van der Waals surface area contributed by atoms with Crippen LogP contribution in [0.4, 0.5) is 0 Å². The van der Waals surface area contributed by atoms with Crippen LogP contribution in [0.3, 0.4) is 0 Å². The molecule has 20 heavy (non-hydrogen) atoms. The fourth-order valence-corrected chi connectivity index (χ4v) is 2.62. The first kappa shape index (κ1) is 15.0. The van der Waals surface area contributed by atoms with Gasteiger partial charge < -0.3 is 15.3 Å². The van der Waals surface area contributed by atoms with Gasteiger partial charge in [0, 0.05) is 26.6 Å². The van der Waals surface area contributed by atoms with E-state index < -0.39 is 6.10 Å². The Morgan fingerprint density at radius 2 is 2.30 bits per heavy atom. The minimum atomic E-state index is -0.412. The third-order valence-electron chi connectivity index (χ3n) is 3.42. The summed E-state index contributed by atoms with van der Waals surface area (Å²) in [4.78, 5) is 25.7. The minimum absolute atomic E-state index is 0.0591. The molecular weight excluding hydrogens is 276 g/mol. The number of hydrogen-bond donors (Lipinski definition) is 2. The van der Waals surface area contributed by atoms with Gasteiger partial charge >= 0.3 is 0 Å². The molecule has 0 aromatic carbocycles. The summed E-state index contributed by atoms with van der Waals surface area (Å²) in [6, 6.07) is 3.57. The Morgan fingerprint density at radius 3 is 2.90 bits per heavy atom. The van der Waals surface area contributed by atoms with Gasteiger partial charge in [0.05, 0.1) is 11.0 Å². The first-order valence-corrected chi connectivity index (χ1v) is 7.69. The molecule has 1 aromatic heterocycles. The van der Waals surface area contributed by atoms with Crippen molar-refractivity contribution in [2.24, 2.45) is 5.92 Å². The van der Waals surface area contributed by atoms with Gasteiger partial charge in [-0.05, 0) is 30.2 Å². The number of rotatable bonds is 7. The summed E-state index contributed by atoms with van der Waals surface area (Å²) < 4.78 is 0. The molecule has 6 heteroatoms. The topological polar surface area (TPSA) is 69.6 Å². The van der Waals surface area contributed by atoms with Gasteiger partial charge in [0.25, 0.3) is 5.91 Å². The van der Waals surface area contributed by atoms with Gasteiger partial charge in [-0.1, -0.05) is 6.07 Å². The van der Waals surface area contributed by atoms with E-state index in [1.54, 1.807) is 18.0 Å². The molecule has 0 saturated heterocycles. The Hall–Kier alpha value is -1.40. The van der Waals surface area contributed by atoms with Crippen molar-refractivity contribution < 1.29 is 14.7 Å². The van der Waals surface area contributed by atoms with Crippen LogP contribution in [-0.2, 0) is 4.79 Å². The predicted octanol–water partition coefficient (Wildman–Crippen LogP) is 1.10. The van der Waals surface area contributed by atoms with Gasteiger partial charge in [-0.2, -0.15) is 0 Å². The first-order chi connectivity index (χ1) is 9.58. The van der Waals surface area contributed by atoms with E-state index in [1.165, 1.54) is 11.3 Å². The van der Waals surface area contributed by atoms with Crippen molar-refractivity contribution >= 4 is 23.2 Å². The molecule has 1 fully saturated rings. The van der Waals surface area contributed by atoms with Gasteiger partial charge in [-0.25, -0.2) is 0 Å². The van der Waals surface area contributed by atoms with Crippen molar-refractivity contribution in [3.63, 3.8) is 0 Å². The van der Waals surface area contributed by atoms with Crippen LogP contribution in [0, 0.1) is 5.92 Å². The Morgan fingerprint density at radius 1 is 1.55 bits per heavy atom. The number of amides is 2. The Balaban J connectivity index is 1.65. The van der Waals surface area contributed by atoms with Crippen molar-refractivity contribution in [2.75, 3.05) is 20.1 Å². The third-order valence-corrected chi connectivity index (χ3v) is 4.29. The smallest absolute Gasteiger partial charge is 0.261 e. The summed E-state index contributed by atoms with van der Waals surface area (Å²) >= 11 is 1.37. The van der Waals surface area contributed by atoms with Crippen LogP contribution in [0.2, 0.25) is 0 Å². The molecule has 1 saturated carbocycles. The number of hydrogen-bond acceptors (Lipinski definition) is 4. The zero-order valence-corrected chi connectivity index (χ0v) is 12.4. The molecular formula is C14H20N2O3S. The molecule has 0 spiro atoms. The second-order valence-electron chi connectivity index (χ2n) is 5.16. The maximum Gasteiger partial charge on any atom is 0.261 e. The molecule has 1 unspecified atom stereocenters. The number of nitrogens with zero attached hydrogens (tertiary/aromatic N) is 1. The summed E-state index contributed by atoms with van der Waals surface area (Å²) in [5.74, 6) is 0.161. The van der Waals surface area contributed by atoms with E-state index >= 15 is 0 Å². The third kappa shape index (κ3) is 4.31. The van der Waals surface area contributed by atoms with E-state index in [1.807, 2.05) is 11.4 Å². The normalized spacial score (nSPS) is 15.7. The van der Waals surface area contributed by atoms with E-state index in [2.05, 4.69) is 5.32 Å². The van der Waals surface area contributed by atoms with Gasteiger partial charge in [0.15, 0.2) is 0 Å². The second kappa shape index (κ2) is 6.85. The van der Waals surface area contributed by atoms with E-state index in [-0.39, 0.29) is 18.2 Å². The van der Waals surface area contributed by atoms with Gasteiger partial charge in [-0.15, -0.1) is 11.3 Å². The average Bonchev–Trinajstić information content (AvgIpc) is 3.13. The summed E-state index contributed by atoms with van der Waals surface area (Å²) in [6.07, 6.45) is 1.95. The first-order valence-electron chi connectivity index (χ1n) is 6.81. The highest BCUT2D eigenvalue weighted by Gasteiger charge is 2.30. The van der Waals surface area contributed by atoms with E-state index in [0.29, 0.717) is 23.9 Å². The summed E-state index contributed by atoms with van der Waals surface area (Å²) in [7, 11) is 1.69. The maximum atomic E-state index is 11.9. The summed E-state index contributed by atoms with van der Waals surface area (Å²) in [5, 5.41) is 14.3. The molecule has 2 amide bonds. The highest BCUT2D eigenvalue weighted by atomic mass is 32.1. The number of nitrogens with one attached hydrogen (secondary N) is 1. The molecule has 0 radical (unpaired) electrons. The van der Waals surface area contributed by atoms with E-state index in [9.17, 15) is 14.7 Å². The molecule has 1 aromatic rings. The lowest BCUT2D eigenvalue weighted by Gasteiger charge is -2.20. The lowest BCUT2D eigenvalue weighted by atomic mass is 10.2. The molecule has 110 valence electrons. The highest BCUT2D eigenvalue weighted by Crippen LogP contribution is 2.32. The van der Waals surface area contributed by atoms with Gasteiger partial charge in [0.1, 0.15) is 0 Å². The number of carbonyl (C=O) groups is 2. The summed E-state index contributed by atoms with van der Waals surface area (Å²) in [6.45, 7) is 0.696. The van der Waals surface area contributed by atoms with Crippen LogP contribution >= 0.6 is 11.3 Å². The van der Waals surface area contributed by atoms with Gasteiger partial charge in [-0.3, -0.25) is 9.59 Å². The lowest BCUT2D eigenvalue weighted by Crippen LogP contribution is -2.37. The molecule has 1 aliphatic rings. The fraction of sp³-hybridized carbons (Fsp3) is 0.571. The number of carbonyl (C=O) groups excluding carboxylic acids is 2. The zero-order valence-electron chi connectivity index (χ0n) is 11.5. The van der Waals surface area contributed by atoms with Crippen molar-refractivity contribution in [3.8, 4) is 0 Å². The Kier molecular flexibility index (Phi) is 5.14. The Bertz CT molecular complexity index is 457. The van der Waals surface area contributed by atoms with Gasteiger partial charge in [0.2, 0.25) is 5.91 Å². The SMILES string of the molecule is CN(CC(O)C1CC1)C(=O)CCNC(=O)c1cccs1. The average molecular weight is 296 g/mol. The van der Waals surface area contributed by atoms with Crippen LogP contribution in [0.25, 0.3) is 0 Å². The van der Waals surface area contributed by atoms with E-state index in [4.69, 9.17) is 0 Å². The van der Waals surface area contributed by atoms with E-state index in [0.717, 1.165) is 12.8 Å². The van der Waals surface area contributed by atoms with Crippen molar-refractivity contribution in [3.05, 3.63) is 22.4 Å². The van der Waals surface area contributed by atoms with Crippen LogP contribution in [0.5, 0.6) is 0 Å². The van der Waals surface area contributed by atoms with Crippen molar-refractivity contribution in [2.45, 2.75) is 25.4 Å². The van der Waals surface area contributed by atoms with Crippen molar-refractivity contribution in [1.29, 1.82) is 0 Å². The minimum Gasteiger partial charge on any atom is -0.391 e. The second-order valence-corrected chi connectivity index (χ2v) is 6.11. The van der Waals surface area contributed by atoms with Crippen LogP contribution < -0.4 is 5.32 Å². The van der Waals surface area contributed by atoms with Crippen LogP contribution in [0.15, 0.2) is 17.5 Å². The van der Waals surface area contributed by atoms with Crippen LogP contribution in [0.1, 0.15) is 28.9 Å². The standard InChI is InChI=1S/C14H20N2O3S/c1-16(9-11(17)10-4-5-10)13(18)6-7-15-14(19)12-3-2-8-20-12/h2-3,8,10-11,17H,4-7,9H2,1H3,(H,15,19). The predicted molar refractivity (Wildman–Crippen MR) is 77.6 cm³/mol. The Labute approximate surface area is 122 Å². The number of aliphatic hydroxyl groups excluding tert-OH is 1. The summed E-state index contributed by atoms with van der Waals surface area (Å²) in [5.41, 5.74) is 0.